The Balaban J connectivity index is 1.51. The first kappa shape index (κ1) is 21.6. The fraction of sp³-hybridized carbons (Fsp3) is 0.400. The fourth-order valence-electron chi connectivity index (χ4n) is 2.87. The zero-order valence-corrected chi connectivity index (χ0v) is 17.8. The third-order valence-corrected chi connectivity index (χ3v) is 6.35. The van der Waals surface area contributed by atoms with Crippen LogP contribution in [0.25, 0.3) is 0 Å². The first-order chi connectivity index (χ1) is 13.3. The summed E-state index contributed by atoms with van der Waals surface area (Å²) in [5, 5.41) is 1.10. The summed E-state index contributed by atoms with van der Waals surface area (Å²) >= 11 is 12.0. The van der Waals surface area contributed by atoms with Gasteiger partial charge in [-0.1, -0.05) is 47.0 Å². The summed E-state index contributed by atoms with van der Waals surface area (Å²) < 4.78 is 41.4. The van der Waals surface area contributed by atoms with Gasteiger partial charge in [-0.05, 0) is 56.0 Å². The van der Waals surface area contributed by atoms with Crippen LogP contribution in [-0.2, 0) is 30.4 Å². The number of rotatable bonds is 7. The fourth-order valence-corrected chi connectivity index (χ4v) is 4.27. The summed E-state index contributed by atoms with van der Waals surface area (Å²) in [6.45, 7) is 2.14. The second-order valence-corrected chi connectivity index (χ2v) is 9.18. The molecule has 152 valence electrons. The SMILES string of the molecule is Cc1ccc(S(=O)(=O)OC[C@H]2CCC[C@H](OCc3ccc(Cl)cc3Cl)O2)cc1. The molecule has 1 heterocycles. The van der Waals surface area contributed by atoms with E-state index in [9.17, 15) is 8.42 Å². The molecule has 1 fully saturated rings. The lowest BCUT2D eigenvalue weighted by Gasteiger charge is -2.29. The number of ether oxygens (including phenoxy) is 2. The van der Waals surface area contributed by atoms with Crippen molar-refractivity contribution in [1.82, 2.24) is 0 Å². The van der Waals surface area contributed by atoms with Crippen molar-refractivity contribution in [2.45, 2.75) is 50.1 Å². The average molecular weight is 445 g/mol. The number of benzene rings is 2. The first-order valence-electron chi connectivity index (χ1n) is 9.00. The average Bonchev–Trinajstić information content (AvgIpc) is 2.66. The second kappa shape index (κ2) is 9.57. The predicted octanol–water partition coefficient (Wildman–Crippen LogP) is 5.12. The van der Waals surface area contributed by atoms with E-state index in [1.165, 1.54) is 12.1 Å². The Bertz CT molecular complexity index is 899. The molecule has 0 N–H and O–H groups in total. The minimum Gasteiger partial charge on any atom is -0.348 e. The Hall–Kier alpha value is -1.15. The zero-order chi connectivity index (χ0) is 20.1. The molecule has 0 aromatic heterocycles. The summed E-state index contributed by atoms with van der Waals surface area (Å²) in [7, 11) is -3.81. The van der Waals surface area contributed by atoms with Crippen LogP contribution in [0.4, 0.5) is 0 Å². The highest BCUT2D eigenvalue weighted by molar-refractivity contribution is 7.86. The Labute approximate surface area is 175 Å². The van der Waals surface area contributed by atoms with E-state index in [0.717, 1.165) is 24.0 Å². The topological polar surface area (TPSA) is 61.8 Å². The third-order valence-electron chi connectivity index (χ3n) is 4.47. The Morgan fingerprint density at radius 3 is 2.57 bits per heavy atom. The number of halogens is 2. The summed E-state index contributed by atoms with van der Waals surface area (Å²) in [4.78, 5) is 0.138. The highest BCUT2D eigenvalue weighted by Gasteiger charge is 2.26. The largest absolute Gasteiger partial charge is 0.348 e. The Kier molecular flexibility index (Phi) is 7.36. The van der Waals surface area contributed by atoms with Crippen molar-refractivity contribution < 1.29 is 22.1 Å². The molecular weight excluding hydrogens is 423 g/mol. The van der Waals surface area contributed by atoms with Gasteiger partial charge in [0.15, 0.2) is 6.29 Å². The van der Waals surface area contributed by atoms with Gasteiger partial charge in [0, 0.05) is 10.0 Å². The minimum absolute atomic E-state index is 0.0439. The highest BCUT2D eigenvalue weighted by Crippen LogP contribution is 2.25. The smallest absolute Gasteiger partial charge is 0.297 e. The second-order valence-electron chi connectivity index (χ2n) is 6.72. The van der Waals surface area contributed by atoms with E-state index in [1.54, 1.807) is 24.3 Å². The maximum absolute atomic E-state index is 12.3. The van der Waals surface area contributed by atoms with Gasteiger partial charge in [0.2, 0.25) is 0 Å². The quantitative estimate of drug-likeness (QED) is 0.554. The van der Waals surface area contributed by atoms with Gasteiger partial charge in [0.25, 0.3) is 10.1 Å². The lowest BCUT2D eigenvalue weighted by atomic mass is 10.1. The van der Waals surface area contributed by atoms with E-state index in [4.69, 9.17) is 36.9 Å². The van der Waals surface area contributed by atoms with Gasteiger partial charge < -0.3 is 9.47 Å². The van der Waals surface area contributed by atoms with Crippen LogP contribution in [0.2, 0.25) is 10.0 Å². The molecule has 28 heavy (non-hydrogen) atoms. The van der Waals surface area contributed by atoms with Gasteiger partial charge in [-0.2, -0.15) is 8.42 Å². The van der Waals surface area contributed by atoms with E-state index in [0.29, 0.717) is 16.5 Å². The first-order valence-corrected chi connectivity index (χ1v) is 11.2. The summed E-state index contributed by atoms with van der Waals surface area (Å²) in [6.07, 6.45) is 1.52. The molecule has 0 spiro atoms. The molecule has 5 nitrogen and oxygen atoms in total. The van der Waals surface area contributed by atoms with Crippen LogP contribution in [0.1, 0.15) is 30.4 Å². The van der Waals surface area contributed by atoms with Crippen LogP contribution < -0.4 is 0 Å². The molecule has 1 aliphatic rings. The molecule has 1 aliphatic heterocycles. The van der Waals surface area contributed by atoms with Gasteiger partial charge >= 0.3 is 0 Å². The van der Waals surface area contributed by atoms with Crippen molar-refractivity contribution in [2.24, 2.45) is 0 Å². The van der Waals surface area contributed by atoms with Crippen molar-refractivity contribution >= 4 is 33.3 Å². The summed E-state index contributed by atoms with van der Waals surface area (Å²) in [5.74, 6) is 0. The molecular formula is C20H22Cl2O5S. The lowest BCUT2D eigenvalue weighted by molar-refractivity contribution is -0.204. The normalized spacial score (nSPS) is 20.2. The molecule has 0 amide bonds. The van der Waals surface area contributed by atoms with Crippen molar-refractivity contribution in [3.63, 3.8) is 0 Å². The molecule has 0 saturated carbocycles. The van der Waals surface area contributed by atoms with Crippen LogP contribution in [-0.4, -0.2) is 27.4 Å². The molecule has 0 unspecified atom stereocenters. The Morgan fingerprint density at radius 2 is 1.86 bits per heavy atom. The van der Waals surface area contributed by atoms with Crippen LogP contribution in [0.3, 0.4) is 0 Å². The standard InChI is InChI=1S/C20H22Cl2O5S/c1-14-5-9-18(10-6-14)28(23,24)26-13-17-3-2-4-20(27-17)25-12-15-7-8-16(21)11-19(15)22/h5-11,17,20H,2-4,12-13H2,1H3/t17-,20-/m1/s1. The van der Waals surface area contributed by atoms with E-state index >= 15 is 0 Å². The summed E-state index contributed by atoms with van der Waals surface area (Å²) in [5.41, 5.74) is 1.80. The molecule has 1 saturated heterocycles. The van der Waals surface area contributed by atoms with Crippen molar-refractivity contribution in [3.8, 4) is 0 Å². The van der Waals surface area contributed by atoms with Crippen LogP contribution in [0, 0.1) is 6.92 Å². The maximum Gasteiger partial charge on any atom is 0.297 e. The summed E-state index contributed by atoms with van der Waals surface area (Å²) in [6, 6.07) is 11.8. The third kappa shape index (κ3) is 5.92. The van der Waals surface area contributed by atoms with E-state index in [1.807, 2.05) is 13.0 Å². The van der Waals surface area contributed by atoms with Gasteiger partial charge in [-0.25, -0.2) is 0 Å². The highest BCUT2D eigenvalue weighted by atomic mass is 35.5. The van der Waals surface area contributed by atoms with Gasteiger partial charge in [-0.3, -0.25) is 4.18 Å². The molecule has 2 aromatic carbocycles. The lowest BCUT2D eigenvalue weighted by Crippen LogP contribution is -2.33. The molecule has 8 heteroatoms. The molecule has 2 atom stereocenters. The van der Waals surface area contributed by atoms with Gasteiger partial charge in [-0.15, -0.1) is 0 Å². The van der Waals surface area contributed by atoms with Crippen molar-refractivity contribution in [3.05, 3.63) is 63.6 Å². The van der Waals surface area contributed by atoms with Gasteiger partial charge in [0.05, 0.1) is 24.2 Å². The molecule has 3 rings (SSSR count). The van der Waals surface area contributed by atoms with Crippen molar-refractivity contribution in [1.29, 1.82) is 0 Å². The van der Waals surface area contributed by atoms with Crippen LogP contribution in [0.15, 0.2) is 47.4 Å². The van der Waals surface area contributed by atoms with E-state index in [2.05, 4.69) is 0 Å². The van der Waals surface area contributed by atoms with E-state index in [-0.39, 0.29) is 24.2 Å². The monoisotopic (exact) mass is 444 g/mol. The predicted molar refractivity (Wildman–Crippen MR) is 108 cm³/mol. The van der Waals surface area contributed by atoms with Crippen LogP contribution in [0.5, 0.6) is 0 Å². The molecule has 0 radical (unpaired) electrons. The zero-order valence-electron chi connectivity index (χ0n) is 15.4. The van der Waals surface area contributed by atoms with E-state index < -0.39 is 16.4 Å². The molecule has 0 bridgehead atoms. The number of aryl methyl sites for hydroxylation is 1. The molecule has 2 aromatic rings. The number of hydrogen-bond acceptors (Lipinski definition) is 5. The maximum atomic E-state index is 12.3. The Morgan fingerprint density at radius 1 is 1.11 bits per heavy atom. The minimum atomic E-state index is -3.81. The molecule has 0 aliphatic carbocycles. The van der Waals surface area contributed by atoms with Gasteiger partial charge in [0.1, 0.15) is 0 Å². The van der Waals surface area contributed by atoms with Crippen molar-refractivity contribution in [2.75, 3.05) is 6.61 Å². The van der Waals surface area contributed by atoms with Crippen LogP contribution >= 0.6 is 23.2 Å². The number of hydrogen-bond donors (Lipinski definition) is 0.